The summed E-state index contributed by atoms with van der Waals surface area (Å²) >= 11 is 0. The number of hydrogen-bond acceptors (Lipinski definition) is 2. The largest absolute Gasteiger partial charge is 0.489 e. The number of nitrogens with one attached hydrogen (secondary N) is 1. The van der Waals surface area contributed by atoms with E-state index in [1.165, 1.54) is 0 Å². The Morgan fingerprint density at radius 2 is 2.00 bits per heavy atom. The molecule has 1 heterocycles. The van der Waals surface area contributed by atoms with Crippen LogP contribution in [0.15, 0.2) is 30.3 Å². The zero-order chi connectivity index (χ0) is 8.23. The van der Waals surface area contributed by atoms with E-state index in [2.05, 4.69) is 5.32 Å². The summed E-state index contributed by atoms with van der Waals surface area (Å²) in [6.07, 6.45) is 1.49. The van der Waals surface area contributed by atoms with Crippen molar-refractivity contribution < 1.29 is 4.74 Å². The van der Waals surface area contributed by atoms with Gasteiger partial charge in [-0.2, -0.15) is 0 Å². The summed E-state index contributed by atoms with van der Waals surface area (Å²) in [7, 11) is 0. The van der Waals surface area contributed by atoms with Gasteiger partial charge in [0.25, 0.3) is 0 Å². The van der Waals surface area contributed by atoms with Crippen molar-refractivity contribution >= 4 is 12.4 Å². The summed E-state index contributed by atoms with van der Waals surface area (Å²) in [4.78, 5) is 0. The van der Waals surface area contributed by atoms with Crippen LogP contribution in [0.3, 0.4) is 0 Å². The Kier molecular flexibility index (Phi) is 4.06. The highest BCUT2D eigenvalue weighted by Gasteiger charge is 2.15. The normalized spacial score (nSPS) is 20.8. The summed E-state index contributed by atoms with van der Waals surface area (Å²) in [6.45, 7) is 2.06. The van der Waals surface area contributed by atoms with Gasteiger partial charge in [0, 0.05) is 6.54 Å². The molecule has 2 rings (SSSR count). The number of ether oxygens (including phenoxy) is 1. The maximum absolute atomic E-state index is 5.71. The minimum absolute atomic E-state index is 0. The molecule has 1 aromatic rings. The molecule has 13 heavy (non-hydrogen) atoms. The van der Waals surface area contributed by atoms with E-state index in [0.717, 1.165) is 25.3 Å². The molecule has 1 N–H and O–H groups in total. The van der Waals surface area contributed by atoms with Gasteiger partial charge in [0.05, 0.1) is 0 Å². The summed E-state index contributed by atoms with van der Waals surface area (Å²) in [5, 5.41) is 3.27. The van der Waals surface area contributed by atoms with Crippen LogP contribution in [-0.4, -0.2) is 19.2 Å². The Bertz CT molecular complexity index is 234. The van der Waals surface area contributed by atoms with Crippen LogP contribution in [0.4, 0.5) is 0 Å². The lowest BCUT2D eigenvalue weighted by Crippen LogP contribution is -2.19. The number of benzene rings is 1. The lowest BCUT2D eigenvalue weighted by Gasteiger charge is -2.11. The Hall–Kier alpha value is -0.730. The van der Waals surface area contributed by atoms with Crippen LogP contribution in [0.2, 0.25) is 0 Å². The van der Waals surface area contributed by atoms with E-state index in [9.17, 15) is 0 Å². The van der Waals surface area contributed by atoms with E-state index < -0.39 is 0 Å². The molecule has 1 aliphatic heterocycles. The fourth-order valence-corrected chi connectivity index (χ4v) is 1.42. The van der Waals surface area contributed by atoms with Gasteiger partial charge in [-0.15, -0.1) is 12.4 Å². The number of para-hydroxylation sites is 1. The van der Waals surface area contributed by atoms with Crippen molar-refractivity contribution in [3.05, 3.63) is 30.3 Å². The third-order valence-corrected chi connectivity index (χ3v) is 2.06. The molecule has 1 unspecified atom stereocenters. The third-order valence-electron chi connectivity index (χ3n) is 2.06. The zero-order valence-electron chi connectivity index (χ0n) is 7.40. The van der Waals surface area contributed by atoms with Gasteiger partial charge in [0.2, 0.25) is 0 Å². The Morgan fingerprint density at radius 3 is 2.62 bits per heavy atom. The minimum atomic E-state index is 0. The maximum atomic E-state index is 5.71. The van der Waals surface area contributed by atoms with Gasteiger partial charge >= 0.3 is 0 Å². The van der Waals surface area contributed by atoms with E-state index >= 15 is 0 Å². The highest BCUT2D eigenvalue weighted by atomic mass is 35.5. The smallest absolute Gasteiger partial charge is 0.119 e. The lowest BCUT2D eigenvalue weighted by atomic mass is 10.3. The van der Waals surface area contributed by atoms with Crippen molar-refractivity contribution in [3.8, 4) is 5.75 Å². The third kappa shape index (κ3) is 2.90. The van der Waals surface area contributed by atoms with Crippen LogP contribution in [0.5, 0.6) is 5.75 Å². The van der Waals surface area contributed by atoms with Crippen molar-refractivity contribution in [1.29, 1.82) is 0 Å². The van der Waals surface area contributed by atoms with Crippen LogP contribution in [-0.2, 0) is 0 Å². The molecule has 1 aromatic carbocycles. The van der Waals surface area contributed by atoms with Crippen molar-refractivity contribution in [3.63, 3.8) is 0 Å². The van der Waals surface area contributed by atoms with E-state index in [4.69, 9.17) is 4.74 Å². The number of hydrogen-bond donors (Lipinski definition) is 1. The molecule has 0 aliphatic carbocycles. The second-order valence-corrected chi connectivity index (χ2v) is 3.05. The van der Waals surface area contributed by atoms with E-state index in [-0.39, 0.29) is 12.4 Å². The molecule has 1 atom stereocenters. The topological polar surface area (TPSA) is 21.3 Å². The average molecular weight is 200 g/mol. The Labute approximate surface area is 84.7 Å². The SMILES string of the molecule is Cl.c1ccc(OC2CCNC2)cc1. The quantitative estimate of drug-likeness (QED) is 0.785. The molecule has 2 nitrogen and oxygen atoms in total. The lowest BCUT2D eigenvalue weighted by molar-refractivity contribution is 0.223. The summed E-state index contributed by atoms with van der Waals surface area (Å²) in [6, 6.07) is 9.99. The molecule has 1 saturated heterocycles. The molecule has 0 saturated carbocycles. The predicted octanol–water partition coefficient (Wildman–Crippen LogP) is 1.85. The van der Waals surface area contributed by atoms with Crippen LogP contribution in [0.25, 0.3) is 0 Å². The van der Waals surface area contributed by atoms with Crippen LogP contribution < -0.4 is 10.1 Å². The van der Waals surface area contributed by atoms with Crippen molar-refractivity contribution in [2.75, 3.05) is 13.1 Å². The summed E-state index contributed by atoms with van der Waals surface area (Å²) < 4.78 is 5.71. The van der Waals surface area contributed by atoms with Gasteiger partial charge in [0.1, 0.15) is 11.9 Å². The first-order valence-corrected chi connectivity index (χ1v) is 4.37. The second kappa shape index (κ2) is 5.10. The number of halogens is 1. The van der Waals surface area contributed by atoms with Crippen molar-refractivity contribution in [2.24, 2.45) is 0 Å². The van der Waals surface area contributed by atoms with E-state index in [1.807, 2.05) is 30.3 Å². The summed E-state index contributed by atoms with van der Waals surface area (Å²) in [5.74, 6) is 0.978. The molecular formula is C10H14ClNO. The maximum Gasteiger partial charge on any atom is 0.119 e. The average Bonchev–Trinajstić information content (AvgIpc) is 2.59. The molecule has 0 amide bonds. The molecule has 0 bridgehead atoms. The van der Waals surface area contributed by atoms with E-state index in [1.54, 1.807) is 0 Å². The first kappa shape index (κ1) is 10.4. The number of rotatable bonds is 2. The second-order valence-electron chi connectivity index (χ2n) is 3.05. The van der Waals surface area contributed by atoms with Crippen molar-refractivity contribution in [2.45, 2.75) is 12.5 Å². The van der Waals surface area contributed by atoms with Gasteiger partial charge in [0.15, 0.2) is 0 Å². The zero-order valence-corrected chi connectivity index (χ0v) is 8.22. The molecule has 0 aromatic heterocycles. The van der Waals surface area contributed by atoms with E-state index in [0.29, 0.717) is 6.10 Å². The molecule has 72 valence electrons. The van der Waals surface area contributed by atoms with Gasteiger partial charge in [-0.3, -0.25) is 0 Å². The van der Waals surface area contributed by atoms with Crippen LogP contribution in [0, 0.1) is 0 Å². The highest BCUT2D eigenvalue weighted by Crippen LogP contribution is 2.13. The van der Waals surface area contributed by atoms with Crippen molar-refractivity contribution in [1.82, 2.24) is 5.32 Å². The fraction of sp³-hybridized carbons (Fsp3) is 0.400. The monoisotopic (exact) mass is 199 g/mol. The fourth-order valence-electron chi connectivity index (χ4n) is 1.42. The molecule has 3 heteroatoms. The molecule has 1 aliphatic rings. The predicted molar refractivity (Wildman–Crippen MR) is 55.6 cm³/mol. The van der Waals surface area contributed by atoms with Crippen LogP contribution >= 0.6 is 12.4 Å². The Balaban J connectivity index is 0.000000845. The van der Waals surface area contributed by atoms with Gasteiger partial charge in [-0.1, -0.05) is 18.2 Å². The summed E-state index contributed by atoms with van der Waals surface area (Å²) in [5.41, 5.74) is 0. The van der Waals surface area contributed by atoms with Gasteiger partial charge in [-0.05, 0) is 25.1 Å². The minimum Gasteiger partial charge on any atom is -0.489 e. The van der Waals surface area contributed by atoms with Gasteiger partial charge < -0.3 is 10.1 Å². The van der Waals surface area contributed by atoms with Crippen LogP contribution in [0.1, 0.15) is 6.42 Å². The standard InChI is InChI=1S/C10H13NO.ClH/c1-2-4-9(5-3-1)12-10-6-7-11-8-10;/h1-5,10-11H,6-8H2;1H. The molecule has 1 fully saturated rings. The first-order valence-electron chi connectivity index (χ1n) is 4.37. The molecule has 0 spiro atoms. The first-order chi connectivity index (χ1) is 5.95. The van der Waals surface area contributed by atoms with Gasteiger partial charge in [-0.25, -0.2) is 0 Å². The molecule has 0 radical (unpaired) electrons. The molecular weight excluding hydrogens is 186 g/mol. The Morgan fingerprint density at radius 1 is 1.23 bits per heavy atom. The highest BCUT2D eigenvalue weighted by molar-refractivity contribution is 5.85.